The Hall–Kier alpha value is -2.29. The van der Waals surface area contributed by atoms with Gasteiger partial charge in [-0.3, -0.25) is 0 Å². The summed E-state index contributed by atoms with van der Waals surface area (Å²) in [5.41, 5.74) is 3.64. The highest BCUT2D eigenvalue weighted by molar-refractivity contribution is 5.76. The molecule has 0 radical (unpaired) electrons. The van der Waals surface area contributed by atoms with Gasteiger partial charge >= 0.3 is 0 Å². The van der Waals surface area contributed by atoms with Crippen LogP contribution in [0.1, 0.15) is 57.3 Å². The van der Waals surface area contributed by atoms with Gasteiger partial charge in [0.25, 0.3) is 0 Å². The van der Waals surface area contributed by atoms with Gasteiger partial charge in [0.15, 0.2) is 0 Å². The number of aromatic nitrogens is 2. The molecule has 0 unspecified atom stereocenters. The number of benzene rings is 2. The number of ether oxygens (including phenoxy) is 1. The van der Waals surface area contributed by atoms with E-state index in [1.54, 1.807) is 0 Å². The van der Waals surface area contributed by atoms with Gasteiger partial charge in [-0.1, -0.05) is 52.0 Å². The molecule has 0 amide bonds. The van der Waals surface area contributed by atoms with E-state index in [0.717, 1.165) is 30.1 Å². The van der Waals surface area contributed by atoms with Crippen molar-refractivity contribution in [2.24, 2.45) is 0 Å². The minimum Gasteiger partial charge on any atom is -0.494 e. The first-order chi connectivity index (χ1) is 12.1. The van der Waals surface area contributed by atoms with Crippen molar-refractivity contribution in [2.45, 2.75) is 52.5 Å². The molecule has 0 bridgehead atoms. The molecule has 0 N–H and O–H groups in total. The highest BCUT2D eigenvalue weighted by atomic mass is 16.5. The van der Waals surface area contributed by atoms with E-state index in [-0.39, 0.29) is 0 Å². The van der Waals surface area contributed by atoms with Gasteiger partial charge in [-0.2, -0.15) is 0 Å². The summed E-state index contributed by atoms with van der Waals surface area (Å²) in [6.45, 7) is 10.5. The summed E-state index contributed by atoms with van der Waals surface area (Å²) >= 11 is 0. The molecule has 0 atom stereocenters. The van der Waals surface area contributed by atoms with E-state index < -0.39 is 0 Å². The molecule has 25 heavy (non-hydrogen) atoms. The average molecular weight is 336 g/mol. The molecule has 0 saturated heterocycles. The number of nitrogens with zero attached hydrogens (tertiary/aromatic N) is 2. The largest absolute Gasteiger partial charge is 0.494 e. The summed E-state index contributed by atoms with van der Waals surface area (Å²) in [4.78, 5) is 4.80. The normalized spacial score (nSPS) is 11.6. The van der Waals surface area contributed by atoms with Gasteiger partial charge in [-0.05, 0) is 42.2 Å². The molecular formula is C22H28N2O. The van der Waals surface area contributed by atoms with Gasteiger partial charge < -0.3 is 9.30 Å². The van der Waals surface area contributed by atoms with Crippen molar-refractivity contribution in [1.29, 1.82) is 0 Å². The van der Waals surface area contributed by atoms with Crippen LogP contribution in [-0.4, -0.2) is 16.2 Å². The molecule has 0 fully saturated rings. The highest BCUT2D eigenvalue weighted by Crippen LogP contribution is 2.22. The Bertz CT molecular complexity index is 816. The van der Waals surface area contributed by atoms with Crippen LogP contribution in [-0.2, 0) is 6.54 Å². The highest BCUT2D eigenvalue weighted by Gasteiger charge is 2.12. The second-order valence-corrected chi connectivity index (χ2v) is 7.19. The van der Waals surface area contributed by atoms with Gasteiger partial charge in [-0.15, -0.1) is 0 Å². The number of fused-ring (bicyclic) bond motifs is 1. The number of hydrogen-bond donors (Lipinski definition) is 0. The van der Waals surface area contributed by atoms with Gasteiger partial charge in [0.05, 0.1) is 17.6 Å². The number of aryl methyl sites for hydroxylation is 1. The van der Waals surface area contributed by atoms with Gasteiger partial charge in [-0.25, -0.2) is 4.98 Å². The van der Waals surface area contributed by atoms with Gasteiger partial charge in [0.2, 0.25) is 0 Å². The number of hydrogen-bond acceptors (Lipinski definition) is 2. The van der Waals surface area contributed by atoms with Gasteiger partial charge in [0, 0.05) is 12.5 Å². The summed E-state index contributed by atoms with van der Waals surface area (Å²) in [5.74, 6) is 3.07. The van der Waals surface area contributed by atoms with Crippen molar-refractivity contribution in [2.75, 3.05) is 6.61 Å². The molecule has 0 saturated carbocycles. The third-order valence-corrected chi connectivity index (χ3v) is 4.54. The number of imidazole rings is 1. The standard InChI is InChI=1S/C22H28N2O/c1-16(2)18-10-12-19(13-11-18)25-15-7-14-24-21-9-6-5-8-20(21)23-22(24)17(3)4/h5-6,8-13,16-17H,7,14-15H2,1-4H3. The zero-order chi connectivity index (χ0) is 17.8. The first-order valence-corrected chi connectivity index (χ1v) is 9.24. The number of para-hydroxylation sites is 2. The zero-order valence-corrected chi connectivity index (χ0v) is 15.7. The van der Waals surface area contributed by atoms with Crippen LogP contribution in [0, 0.1) is 0 Å². The summed E-state index contributed by atoms with van der Waals surface area (Å²) in [7, 11) is 0. The Kier molecular flexibility index (Phi) is 5.42. The van der Waals surface area contributed by atoms with E-state index in [4.69, 9.17) is 9.72 Å². The molecule has 0 aliphatic carbocycles. The Morgan fingerprint density at radius 1 is 0.920 bits per heavy atom. The lowest BCUT2D eigenvalue weighted by Crippen LogP contribution is -2.09. The van der Waals surface area contributed by atoms with E-state index in [1.807, 2.05) is 6.07 Å². The molecule has 3 nitrogen and oxygen atoms in total. The van der Waals surface area contributed by atoms with Crippen molar-refractivity contribution >= 4 is 11.0 Å². The molecule has 3 aromatic rings. The molecule has 3 heteroatoms. The third kappa shape index (κ3) is 4.04. The summed E-state index contributed by atoms with van der Waals surface area (Å²) < 4.78 is 8.26. The predicted octanol–water partition coefficient (Wildman–Crippen LogP) is 5.75. The quantitative estimate of drug-likeness (QED) is 0.513. The maximum absolute atomic E-state index is 5.92. The lowest BCUT2D eigenvalue weighted by Gasteiger charge is -2.12. The Morgan fingerprint density at radius 3 is 2.32 bits per heavy atom. The van der Waals surface area contributed by atoms with Crippen LogP contribution in [0.15, 0.2) is 48.5 Å². The van der Waals surface area contributed by atoms with Crippen LogP contribution in [0.5, 0.6) is 5.75 Å². The minimum absolute atomic E-state index is 0.414. The monoisotopic (exact) mass is 336 g/mol. The molecule has 0 spiro atoms. The Labute approximate surface area is 150 Å². The van der Waals surface area contributed by atoms with Crippen LogP contribution in [0.3, 0.4) is 0 Å². The molecule has 3 rings (SSSR count). The summed E-state index contributed by atoms with van der Waals surface area (Å²) in [5, 5.41) is 0. The maximum Gasteiger partial charge on any atom is 0.119 e. The van der Waals surface area contributed by atoms with Crippen molar-refractivity contribution in [3.63, 3.8) is 0 Å². The van der Waals surface area contributed by atoms with E-state index >= 15 is 0 Å². The fourth-order valence-electron chi connectivity index (χ4n) is 3.13. The molecule has 132 valence electrons. The molecule has 0 aliphatic heterocycles. The van der Waals surface area contributed by atoms with Crippen LogP contribution in [0.25, 0.3) is 11.0 Å². The first kappa shape index (κ1) is 17.5. The third-order valence-electron chi connectivity index (χ3n) is 4.54. The molecule has 2 aromatic carbocycles. The molecule has 1 heterocycles. The Balaban J connectivity index is 1.62. The van der Waals surface area contributed by atoms with Crippen LogP contribution in [0.2, 0.25) is 0 Å². The van der Waals surface area contributed by atoms with Crippen LogP contribution >= 0.6 is 0 Å². The van der Waals surface area contributed by atoms with Crippen LogP contribution < -0.4 is 4.74 Å². The minimum atomic E-state index is 0.414. The average Bonchev–Trinajstić information content (AvgIpc) is 2.98. The lowest BCUT2D eigenvalue weighted by molar-refractivity contribution is 0.301. The second-order valence-electron chi connectivity index (χ2n) is 7.19. The van der Waals surface area contributed by atoms with Crippen molar-refractivity contribution < 1.29 is 4.74 Å². The van der Waals surface area contributed by atoms with E-state index in [1.165, 1.54) is 11.1 Å². The van der Waals surface area contributed by atoms with Crippen LogP contribution in [0.4, 0.5) is 0 Å². The smallest absolute Gasteiger partial charge is 0.119 e. The SMILES string of the molecule is CC(C)c1ccc(OCCCn2c(C(C)C)nc3ccccc32)cc1. The van der Waals surface area contributed by atoms with Crippen molar-refractivity contribution in [3.8, 4) is 5.75 Å². The van der Waals surface area contributed by atoms with Crippen molar-refractivity contribution in [3.05, 3.63) is 59.9 Å². The predicted molar refractivity (Wildman–Crippen MR) is 104 cm³/mol. The lowest BCUT2D eigenvalue weighted by atomic mass is 10.0. The maximum atomic E-state index is 5.92. The van der Waals surface area contributed by atoms with E-state index in [9.17, 15) is 0 Å². The van der Waals surface area contributed by atoms with Gasteiger partial charge in [0.1, 0.15) is 11.6 Å². The summed E-state index contributed by atoms with van der Waals surface area (Å²) in [6, 6.07) is 16.8. The molecular weight excluding hydrogens is 308 g/mol. The first-order valence-electron chi connectivity index (χ1n) is 9.24. The zero-order valence-electron chi connectivity index (χ0n) is 15.7. The van der Waals surface area contributed by atoms with Crippen molar-refractivity contribution in [1.82, 2.24) is 9.55 Å². The number of rotatable bonds is 7. The molecule has 1 aromatic heterocycles. The molecule has 0 aliphatic rings. The van der Waals surface area contributed by atoms with E-state index in [2.05, 4.69) is 74.7 Å². The van der Waals surface area contributed by atoms with E-state index in [0.29, 0.717) is 18.4 Å². The fourth-order valence-corrected chi connectivity index (χ4v) is 3.13. The fraction of sp³-hybridized carbons (Fsp3) is 0.409. The Morgan fingerprint density at radius 2 is 1.64 bits per heavy atom. The topological polar surface area (TPSA) is 27.1 Å². The second kappa shape index (κ2) is 7.73. The summed E-state index contributed by atoms with van der Waals surface area (Å²) in [6.07, 6.45) is 0.964.